The van der Waals surface area contributed by atoms with Crippen molar-refractivity contribution in [3.05, 3.63) is 65.7 Å². The SMILES string of the molecule is CCSc1cc(C(F)(F)F)cnc1-c1nc2cc(SSc3cnc4c(c3)nc(-c3ncc(C(F)(F)F)cc3C)n4C)cnc2n1C. The first-order valence-corrected chi connectivity index (χ1v) is 16.6. The number of pyridine rings is 4. The van der Waals surface area contributed by atoms with E-state index in [0.717, 1.165) is 34.3 Å². The van der Waals surface area contributed by atoms with Crippen LogP contribution in [0.4, 0.5) is 26.3 Å². The molecule has 6 aromatic heterocycles. The van der Waals surface area contributed by atoms with Crippen molar-refractivity contribution in [2.24, 2.45) is 14.1 Å². The van der Waals surface area contributed by atoms with Crippen molar-refractivity contribution in [2.75, 3.05) is 5.75 Å². The Bertz CT molecular complexity index is 2110. The zero-order valence-electron chi connectivity index (χ0n) is 24.4. The lowest BCUT2D eigenvalue weighted by atomic mass is 10.1. The highest BCUT2D eigenvalue weighted by atomic mass is 33.1. The van der Waals surface area contributed by atoms with Gasteiger partial charge in [0, 0.05) is 53.6 Å². The number of thioether (sulfide) groups is 1. The summed E-state index contributed by atoms with van der Waals surface area (Å²) < 4.78 is 82.7. The average molecular weight is 693 g/mol. The lowest BCUT2D eigenvalue weighted by Gasteiger charge is -2.11. The Morgan fingerprint density at radius 1 is 0.652 bits per heavy atom. The van der Waals surface area contributed by atoms with Gasteiger partial charge in [-0.2, -0.15) is 26.3 Å². The van der Waals surface area contributed by atoms with Crippen molar-refractivity contribution in [3.8, 4) is 23.0 Å². The number of hydrogen-bond donors (Lipinski definition) is 0. The van der Waals surface area contributed by atoms with Crippen LogP contribution in [0.5, 0.6) is 0 Å². The molecule has 6 aromatic rings. The molecule has 0 atom stereocenters. The van der Waals surface area contributed by atoms with Gasteiger partial charge in [-0.1, -0.05) is 28.5 Å². The fourth-order valence-corrected chi connectivity index (χ4v) is 7.35. The van der Waals surface area contributed by atoms with Crippen LogP contribution in [0.15, 0.2) is 63.7 Å². The Morgan fingerprint density at radius 3 is 1.61 bits per heavy atom. The van der Waals surface area contributed by atoms with Crippen molar-refractivity contribution in [3.63, 3.8) is 0 Å². The van der Waals surface area contributed by atoms with Crippen LogP contribution in [0.3, 0.4) is 0 Å². The summed E-state index contributed by atoms with van der Waals surface area (Å²) in [5.74, 6) is 1.36. The molecule has 17 heteroatoms. The first-order chi connectivity index (χ1) is 21.7. The van der Waals surface area contributed by atoms with Gasteiger partial charge in [-0.05, 0) is 42.5 Å². The van der Waals surface area contributed by atoms with Crippen LogP contribution in [0.2, 0.25) is 0 Å². The lowest BCUT2D eigenvalue weighted by molar-refractivity contribution is -0.138. The predicted octanol–water partition coefficient (Wildman–Crippen LogP) is 8.63. The third-order valence-corrected chi connectivity index (χ3v) is 10.1. The minimum atomic E-state index is -4.51. The van der Waals surface area contributed by atoms with Gasteiger partial charge in [-0.15, -0.1) is 11.8 Å². The Kier molecular flexibility index (Phi) is 8.43. The van der Waals surface area contributed by atoms with Gasteiger partial charge in [0.15, 0.2) is 22.9 Å². The van der Waals surface area contributed by atoms with Gasteiger partial charge in [0.25, 0.3) is 0 Å². The second kappa shape index (κ2) is 12.1. The van der Waals surface area contributed by atoms with Crippen LogP contribution in [0.25, 0.3) is 45.4 Å². The Hall–Kier alpha value is -3.83. The van der Waals surface area contributed by atoms with Gasteiger partial charge >= 0.3 is 12.4 Å². The fourth-order valence-electron chi connectivity index (χ4n) is 4.72. The molecule has 6 rings (SSSR count). The van der Waals surface area contributed by atoms with Crippen LogP contribution in [0, 0.1) is 6.92 Å². The number of halogens is 6. The van der Waals surface area contributed by atoms with E-state index in [1.807, 2.05) is 19.1 Å². The Balaban J connectivity index is 1.25. The lowest BCUT2D eigenvalue weighted by Crippen LogP contribution is -2.07. The summed E-state index contributed by atoms with van der Waals surface area (Å²) in [6.07, 6.45) is -4.04. The second-order valence-corrected chi connectivity index (χ2v) is 13.7. The number of rotatable bonds is 7. The molecule has 0 saturated heterocycles. The number of hydrogen-bond acceptors (Lipinski definition) is 9. The molecule has 0 saturated carbocycles. The number of fused-ring (bicyclic) bond motifs is 2. The highest BCUT2D eigenvalue weighted by Gasteiger charge is 2.33. The smallest absolute Gasteiger partial charge is 0.311 e. The van der Waals surface area contributed by atoms with Gasteiger partial charge in [0.05, 0.1) is 11.1 Å². The number of alkyl halides is 6. The van der Waals surface area contributed by atoms with E-state index in [-0.39, 0.29) is 0 Å². The van der Waals surface area contributed by atoms with E-state index in [4.69, 9.17) is 0 Å². The fraction of sp³-hybridized carbons (Fsp3) is 0.241. The molecule has 0 radical (unpaired) electrons. The van der Waals surface area contributed by atoms with Crippen LogP contribution in [-0.2, 0) is 26.4 Å². The molecule has 0 aliphatic heterocycles. The molecule has 0 aromatic carbocycles. The van der Waals surface area contributed by atoms with E-state index >= 15 is 0 Å². The van der Waals surface area contributed by atoms with Crippen molar-refractivity contribution >= 4 is 55.7 Å². The van der Waals surface area contributed by atoms with E-state index in [9.17, 15) is 26.3 Å². The zero-order chi connectivity index (χ0) is 33.0. The summed E-state index contributed by atoms with van der Waals surface area (Å²) in [6, 6.07) is 5.81. The third kappa shape index (κ3) is 6.14. The van der Waals surface area contributed by atoms with Crippen molar-refractivity contribution in [1.29, 1.82) is 0 Å². The van der Waals surface area contributed by atoms with E-state index < -0.39 is 23.5 Å². The van der Waals surface area contributed by atoms with Gasteiger partial charge in [0.1, 0.15) is 22.4 Å². The zero-order valence-corrected chi connectivity index (χ0v) is 26.8. The molecule has 46 heavy (non-hydrogen) atoms. The van der Waals surface area contributed by atoms with E-state index in [1.54, 1.807) is 42.5 Å². The van der Waals surface area contributed by atoms with Crippen LogP contribution in [0.1, 0.15) is 23.6 Å². The number of nitrogens with zero attached hydrogens (tertiary/aromatic N) is 8. The first-order valence-electron chi connectivity index (χ1n) is 13.5. The average Bonchev–Trinajstić information content (AvgIpc) is 3.50. The normalized spacial score (nSPS) is 12.5. The minimum Gasteiger partial charge on any atom is -0.311 e. The topological polar surface area (TPSA) is 87.2 Å². The summed E-state index contributed by atoms with van der Waals surface area (Å²) in [4.78, 5) is 28.4. The molecule has 238 valence electrons. The summed E-state index contributed by atoms with van der Waals surface area (Å²) in [7, 11) is 6.27. The molecule has 0 fully saturated rings. The summed E-state index contributed by atoms with van der Waals surface area (Å²) in [5.41, 5.74) is 1.58. The number of aryl methyl sites for hydroxylation is 3. The summed E-state index contributed by atoms with van der Waals surface area (Å²) in [5, 5.41) is 0. The van der Waals surface area contributed by atoms with E-state index in [0.29, 0.717) is 61.6 Å². The maximum atomic E-state index is 13.3. The Labute approximate surface area is 269 Å². The monoisotopic (exact) mass is 692 g/mol. The maximum Gasteiger partial charge on any atom is 0.417 e. The minimum absolute atomic E-state index is 0.332. The largest absolute Gasteiger partial charge is 0.417 e. The maximum absolute atomic E-state index is 13.3. The van der Waals surface area contributed by atoms with Gasteiger partial charge in [-0.25, -0.2) is 19.9 Å². The number of aromatic nitrogens is 8. The highest BCUT2D eigenvalue weighted by molar-refractivity contribution is 8.76. The van der Waals surface area contributed by atoms with Gasteiger partial charge in [-0.3, -0.25) is 9.97 Å². The Morgan fingerprint density at radius 2 is 1.13 bits per heavy atom. The van der Waals surface area contributed by atoms with Crippen molar-refractivity contribution < 1.29 is 26.3 Å². The highest BCUT2D eigenvalue weighted by Crippen LogP contribution is 2.40. The quantitative estimate of drug-likeness (QED) is 0.0927. The molecule has 0 amide bonds. The molecular weight excluding hydrogens is 671 g/mol. The standard InChI is InChI=1S/C29H22F6N8S3/c1-5-44-21-7-16(29(33,34)35)11-37-23(21)27-41-20-9-18(13-39-25(20)43(27)4)46-45-17-8-19-24(38-12-17)42(3)26(40-19)22-14(2)6-15(10-36-22)28(30,31)32/h6-13H,5H2,1-4H3. The van der Waals surface area contributed by atoms with Crippen molar-refractivity contribution in [1.82, 2.24) is 39.0 Å². The van der Waals surface area contributed by atoms with E-state index in [2.05, 4.69) is 29.9 Å². The predicted molar refractivity (Wildman–Crippen MR) is 166 cm³/mol. The van der Waals surface area contributed by atoms with Crippen molar-refractivity contribution in [2.45, 2.75) is 40.9 Å². The molecule has 0 spiro atoms. The summed E-state index contributed by atoms with van der Waals surface area (Å²) >= 11 is 1.26. The molecule has 8 nitrogen and oxygen atoms in total. The number of imidazole rings is 2. The summed E-state index contributed by atoms with van der Waals surface area (Å²) in [6.45, 7) is 3.41. The molecule has 0 unspecified atom stereocenters. The second-order valence-electron chi connectivity index (χ2n) is 10.1. The molecule has 0 bridgehead atoms. The third-order valence-electron chi connectivity index (χ3n) is 6.91. The van der Waals surface area contributed by atoms with Gasteiger partial charge in [0.2, 0.25) is 0 Å². The molecule has 6 heterocycles. The van der Waals surface area contributed by atoms with Crippen LogP contribution >= 0.6 is 33.3 Å². The van der Waals surface area contributed by atoms with Crippen LogP contribution < -0.4 is 0 Å². The van der Waals surface area contributed by atoms with E-state index in [1.165, 1.54) is 33.3 Å². The molecule has 0 aliphatic rings. The molecule has 0 aliphatic carbocycles. The van der Waals surface area contributed by atoms with Gasteiger partial charge < -0.3 is 9.13 Å². The van der Waals surface area contributed by atoms with Crippen LogP contribution in [-0.4, -0.2) is 44.8 Å². The molecule has 0 N–H and O–H groups in total. The first kappa shape index (κ1) is 32.1. The molecular formula is C29H22F6N8S3.